The predicted octanol–water partition coefficient (Wildman–Crippen LogP) is 0.230. The highest BCUT2D eigenvalue weighted by Gasteiger charge is 2.19. The topological polar surface area (TPSA) is 33.8 Å². The Balaban J connectivity index is 0.000000112. The molecule has 0 bridgehead atoms. The summed E-state index contributed by atoms with van der Waals surface area (Å²) in [5.41, 5.74) is 0. The van der Waals surface area contributed by atoms with Crippen LogP contribution in [0.1, 0.15) is 0 Å². The predicted molar refractivity (Wildman–Crippen MR) is 44.1 cm³/mol. The highest BCUT2D eigenvalue weighted by atomic mass is 35.5. The van der Waals surface area contributed by atoms with Crippen molar-refractivity contribution in [2.75, 3.05) is 38.8 Å². The maximum atomic E-state index is 5.27. The van der Waals surface area contributed by atoms with Gasteiger partial charge in [-0.15, -0.1) is 11.6 Å². The molecule has 0 spiro atoms. The molecule has 0 radical (unpaired) electrons. The second-order valence-electron chi connectivity index (χ2n) is 2.47. The number of epoxide rings is 1. The molecule has 0 aromatic rings. The van der Waals surface area contributed by atoms with Crippen LogP contribution in [0.4, 0.5) is 0 Å². The van der Waals surface area contributed by atoms with Crippen molar-refractivity contribution in [2.45, 2.75) is 6.10 Å². The number of hydrogen-bond acceptors (Lipinski definition) is 3. The molecule has 0 saturated carbocycles. The molecule has 0 aromatic heterocycles. The Hall–Kier alpha value is 0.170. The van der Waals surface area contributed by atoms with Gasteiger partial charge in [0.25, 0.3) is 0 Å². The smallest absolute Gasteiger partial charge is 0.0944 e. The van der Waals surface area contributed by atoms with Crippen LogP contribution in [0, 0.1) is 0 Å². The Bertz CT molecular complexity index is 82.9. The van der Waals surface area contributed by atoms with E-state index in [0.717, 1.165) is 32.9 Å². The van der Waals surface area contributed by atoms with Gasteiger partial charge in [-0.25, -0.2) is 0 Å². The van der Waals surface area contributed by atoms with E-state index in [9.17, 15) is 0 Å². The second kappa shape index (κ2) is 5.77. The highest BCUT2D eigenvalue weighted by Crippen LogP contribution is 2.08. The lowest BCUT2D eigenvalue weighted by molar-refractivity contribution is 0.109. The van der Waals surface area contributed by atoms with Crippen molar-refractivity contribution < 1.29 is 9.47 Å². The number of halogens is 1. The first kappa shape index (κ1) is 9.26. The van der Waals surface area contributed by atoms with E-state index in [1.807, 2.05) is 0 Å². The summed E-state index contributed by atoms with van der Waals surface area (Å²) in [5, 5.41) is 3.16. The average molecular weight is 180 g/mol. The van der Waals surface area contributed by atoms with E-state index in [4.69, 9.17) is 21.1 Å². The minimum absolute atomic E-state index is 0.400. The third-order valence-electron chi connectivity index (χ3n) is 1.42. The first-order chi connectivity index (χ1) is 5.43. The van der Waals surface area contributed by atoms with Crippen molar-refractivity contribution in [3.63, 3.8) is 0 Å². The maximum absolute atomic E-state index is 5.27. The molecule has 66 valence electrons. The van der Waals surface area contributed by atoms with Crippen LogP contribution in [0.15, 0.2) is 0 Å². The lowest BCUT2D eigenvalue weighted by atomic mass is 10.5. The maximum Gasteiger partial charge on any atom is 0.0944 e. The zero-order valence-electron chi connectivity index (χ0n) is 6.51. The van der Waals surface area contributed by atoms with Gasteiger partial charge in [-0.1, -0.05) is 0 Å². The van der Waals surface area contributed by atoms with E-state index in [2.05, 4.69) is 5.32 Å². The number of rotatable bonds is 1. The molecule has 2 aliphatic heterocycles. The Morgan fingerprint density at radius 3 is 2.09 bits per heavy atom. The first-order valence-corrected chi connectivity index (χ1v) is 4.43. The van der Waals surface area contributed by atoms with E-state index in [0.29, 0.717) is 12.0 Å². The van der Waals surface area contributed by atoms with Gasteiger partial charge >= 0.3 is 0 Å². The number of ether oxygens (including phenoxy) is 2. The third-order valence-corrected chi connectivity index (χ3v) is 1.77. The standard InChI is InChI=1S/C4H9NO.C3H5ClO/c1-3-6-4-2-5-1;4-1-3-2-5-3/h5H,1-4H2;3H,1-2H2. The summed E-state index contributed by atoms with van der Waals surface area (Å²) in [6.07, 6.45) is 0.400. The monoisotopic (exact) mass is 179 g/mol. The van der Waals surface area contributed by atoms with Gasteiger partial charge in [0.15, 0.2) is 0 Å². The first-order valence-electron chi connectivity index (χ1n) is 3.89. The van der Waals surface area contributed by atoms with Gasteiger partial charge in [-0.05, 0) is 0 Å². The summed E-state index contributed by atoms with van der Waals surface area (Å²) in [6.45, 7) is 4.71. The van der Waals surface area contributed by atoms with Gasteiger partial charge in [-0.3, -0.25) is 0 Å². The molecule has 0 aromatic carbocycles. The van der Waals surface area contributed by atoms with Crippen molar-refractivity contribution in [1.29, 1.82) is 0 Å². The summed E-state index contributed by atoms with van der Waals surface area (Å²) >= 11 is 5.27. The van der Waals surface area contributed by atoms with Gasteiger partial charge < -0.3 is 14.8 Å². The van der Waals surface area contributed by atoms with E-state index in [1.165, 1.54) is 0 Å². The molecule has 1 unspecified atom stereocenters. The van der Waals surface area contributed by atoms with Gasteiger partial charge in [0, 0.05) is 13.1 Å². The Morgan fingerprint density at radius 2 is 2.00 bits per heavy atom. The zero-order valence-corrected chi connectivity index (χ0v) is 7.27. The fraction of sp³-hybridized carbons (Fsp3) is 1.00. The molecule has 4 heteroatoms. The number of morpholine rings is 1. The van der Waals surface area contributed by atoms with Crippen LogP contribution in [0.5, 0.6) is 0 Å². The summed E-state index contributed by atoms with van der Waals surface area (Å²) in [7, 11) is 0. The van der Waals surface area contributed by atoms with E-state index in [-0.39, 0.29) is 0 Å². The lowest BCUT2D eigenvalue weighted by Gasteiger charge is -2.10. The SMILES string of the molecule is C1COCCN1.ClCC1CO1. The van der Waals surface area contributed by atoms with Crippen LogP contribution in [0.25, 0.3) is 0 Å². The molecule has 1 atom stereocenters. The summed E-state index contributed by atoms with van der Waals surface area (Å²) in [6, 6.07) is 0. The number of nitrogens with one attached hydrogen (secondary N) is 1. The molecule has 2 saturated heterocycles. The molecule has 0 amide bonds. The quantitative estimate of drug-likeness (QED) is 0.462. The van der Waals surface area contributed by atoms with E-state index >= 15 is 0 Å². The molecule has 2 heterocycles. The van der Waals surface area contributed by atoms with Gasteiger partial charge in [0.2, 0.25) is 0 Å². The molecule has 2 aliphatic rings. The molecule has 1 N–H and O–H groups in total. The fourth-order valence-corrected chi connectivity index (χ4v) is 0.851. The normalized spacial score (nSPS) is 28.6. The Morgan fingerprint density at radius 1 is 1.36 bits per heavy atom. The molecule has 0 aliphatic carbocycles. The largest absolute Gasteiger partial charge is 0.379 e. The highest BCUT2D eigenvalue weighted by molar-refractivity contribution is 6.18. The minimum Gasteiger partial charge on any atom is -0.379 e. The molecular weight excluding hydrogens is 166 g/mol. The van der Waals surface area contributed by atoms with Crippen molar-refractivity contribution in [3.8, 4) is 0 Å². The average Bonchev–Trinajstić information content (AvgIpc) is 2.91. The van der Waals surface area contributed by atoms with Crippen LogP contribution in [-0.2, 0) is 9.47 Å². The summed E-state index contributed by atoms with van der Waals surface area (Å²) in [4.78, 5) is 0. The van der Waals surface area contributed by atoms with Crippen molar-refractivity contribution in [1.82, 2.24) is 5.32 Å². The second-order valence-corrected chi connectivity index (χ2v) is 2.78. The molecule has 3 nitrogen and oxygen atoms in total. The summed E-state index contributed by atoms with van der Waals surface area (Å²) in [5.74, 6) is 0.667. The Labute approximate surface area is 72.0 Å². The van der Waals surface area contributed by atoms with Crippen LogP contribution in [0.2, 0.25) is 0 Å². The van der Waals surface area contributed by atoms with Crippen LogP contribution in [0.3, 0.4) is 0 Å². The molecular formula is C7H14ClNO2. The molecule has 2 rings (SSSR count). The minimum atomic E-state index is 0.400. The molecule has 11 heavy (non-hydrogen) atoms. The van der Waals surface area contributed by atoms with E-state index in [1.54, 1.807) is 0 Å². The van der Waals surface area contributed by atoms with Crippen LogP contribution in [-0.4, -0.2) is 44.9 Å². The Kier molecular flexibility index (Phi) is 4.86. The fourth-order valence-electron chi connectivity index (χ4n) is 0.673. The number of alkyl halides is 1. The third kappa shape index (κ3) is 5.44. The zero-order chi connectivity index (χ0) is 7.94. The van der Waals surface area contributed by atoms with E-state index < -0.39 is 0 Å². The van der Waals surface area contributed by atoms with Crippen molar-refractivity contribution >= 4 is 11.6 Å². The molecule has 2 fully saturated rings. The van der Waals surface area contributed by atoms with Crippen molar-refractivity contribution in [3.05, 3.63) is 0 Å². The number of hydrogen-bond donors (Lipinski definition) is 1. The van der Waals surface area contributed by atoms with Gasteiger partial charge in [0.1, 0.15) is 0 Å². The van der Waals surface area contributed by atoms with Crippen molar-refractivity contribution in [2.24, 2.45) is 0 Å². The lowest BCUT2D eigenvalue weighted by Crippen LogP contribution is -2.30. The van der Waals surface area contributed by atoms with Gasteiger partial charge in [-0.2, -0.15) is 0 Å². The summed E-state index contributed by atoms with van der Waals surface area (Å²) < 4.78 is 9.73. The van der Waals surface area contributed by atoms with Gasteiger partial charge in [0.05, 0.1) is 31.8 Å². The van der Waals surface area contributed by atoms with Crippen LogP contribution < -0.4 is 5.32 Å². The van der Waals surface area contributed by atoms with Crippen LogP contribution >= 0.6 is 11.6 Å².